The first-order valence-corrected chi connectivity index (χ1v) is 5.58. The van der Waals surface area contributed by atoms with E-state index in [4.69, 9.17) is 9.47 Å². The van der Waals surface area contributed by atoms with Gasteiger partial charge in [-0.15, -0.1) is 0 Å². The molecule has 1 aromatic rings. The van der Waals surface area contributed by atoms with E-state index in [0.29, 0.717) is 0 Å². The Morgan fingerprint density at radius 3 is 2.53 bits per heavy atom. The minimum Gasteiger partial charge on any atom is -0.464 e. The van der Waals surface area contributed by atoms with E-state index in [-0.39, 0.29) is 13.2 Å². The summed E-state index contributed by atoms with van der Waals surface area (Å²) in [4.78, 5) is 11.6. The first-order valence-electron chi connectivity index (χ1n) is 5.58. The maximum Gasteiger partial charge on any atom is 0.340 e. The average Bonchev–Trinajstić information content (AvgIpc) is 2.37. The van der Waals surface area contributed by atoms with Gasteiger partial charge in [-0.05, 0) is 19.4 Å². The monoisotopic (exact) mass is 238 g/mol. The van der Waals surface area contributed by atoms with Gasteiger partial charge in [0.15, 0.2) is 5.60 Å². The lowest BCUT2D eigenvalue weighted by Gasteiger charge is -2.25. The van der Waals surface area contributed by atoms with Crippen molar-refractivity contribution in [2.24, 2.45) is 0 Å². The second-order valence-electron chi connectivity index (χ2n) is 3.88. The molecule has 0 aliphatic heterocycles. The quantitative estimate of drug-likeness (QED) is 0.763. The van der Waals surface area contributed by atoms with Crippen molar-refractivity contribution >= 4 is 5.97 Å². The predicted molar refractivity (Wildman–Crippen MR) is 63.4 cm³/mol. The normalized spacial score (nSPS) is 14.1. The highest BCUT2D eigenvalue weighted by molar-refractivity contribution is 5.79. The van der Waals surface area contributed by atoms with Crippen molar-refractivity contribution < 1.29 is 19.4 Å². The van der Waals surface area contributed by atoms with Crippen LogP contribution in [0.5, 0.6) is 0 Å². The smallest absolute Gasteiger partial charge is 0.340 e. The fourth-order valence-electron chi connectivity index (χ4n) is 1.27. The summed E-state index contributed by atoms with van der Waals surface area (Å²) in [7, 11) is 0. The summed E-state index contributed by atoms with van der Waals surface area (Å²) in [5, 5.41) is 9.23. The Labute approximate surface area is 101 Å². The van der Waals surface area contributed by atoms with Crippen LogP contribution >= 0.6 is 0 Å². The van der Waals surface area contributed by atoms with Crippen molar-refractivity contribution in [2.45, 2.75) is 26.1 Å². The average molecular weight is 238 g/mol. The summed E-state index contributed by atoms with van der Waals surface area (Å²) < 4.78 is 10.3. The Morgan fingerprint density at radius 2 is 2.00 bits per heavy atom. The molecule has 1 N–H and O–H groups in total. The number of hydrogen-bond acceptors (Lipinski definition) is 4. The first-order chi connectivity index (χ1) is 8.12. The molecule has 0 radical (unpaired) electrons. The summed E-state index contributed by atoms with van der Waals surface area (Å²) in [5.41, 5.74) is -0.359. The maximum atomic E-state index is 11.6. The van der Waals surface area contributed by atoms with Crippen molar-refractivity contribution in [1.29, 1.82) is 0 Å². The van der Waals surface area contributed by atoms with Gasteiger partial charge in [0.05, 0.1) is 19.8 Å². The number of ether oxygens (including phenoxy) is 2. The van der Waals surface area contributed by atoms with E-state index in [1.807, 2.05) is 30.3 Å². The summed E-state index contributed by atoms with van der Waals surface area (Å²) in [5.74, 6) is -0.543. The molecule has 0 aromatic heterocycles. The van der Waals surface area contributed by atoms with Gasteiger partial charge in [-0.1, -0.05) is 30.3 Å². The molecule has 0 spiro atoms. The second kappa shape index (κ2) is 6.37. The molecule has 0 bridgehead atoms. The van der Waals surface area contributed by atoms with Gasteiger partial charge in [0.2, 0.25) is 0 Å². The van der Waals surface area contributed by atoms with Gasteiger partial charge in [-0.25, -0.2) is 4.79 Å². The van der Waals surface area contributed by atoms with E-state index >= 15 is 0 Å². The van der Waals surface area contributed by atoms with Gasteiger partial charge >= 0.3 is 5.97 Å². The zero-order valence-corrected chi connectivity index (χ0v) is 10.2. The molecule has 4 nitrogen and oxygen atoms in total. The molecule has 0 fully saturated rings. The third-order valence-corrected chi connectivity index (χ3v) is 2.41. The van der Waals surface area contributed by atoms with E-state index in [1.54, 1.807) is 6.92 Å². The lowest BCUT2D eigenvalue weighted by molar-refractivity contribution is -0.177. The molecule has 94 valence electrons. The van der Waals surface area contributed by atoms with Crippen LogP contribution in [0.3, 0.4) is 0 Å². The van der Waals surface area contributed by atoms with Crippen molar-refractivity contribution in [2.75, 3.05) is 13.2 Å². The van der Waals surface area contributed by atoms with Crippen LogP contribution in [0.25, 0.3) is 0 Å². The van der Waals surface area contributed by atoms with Crippen molar-refractivity contribution in [3.63, 3.8) is 0 Å². The highest BCUT2D eigenvalue weighted by atomic mass is 16.6. The molecule has 1 rings (SSSR count). The van der Waals surface area contributed by atoms with Crippen LogP contribution in [-0.4, -0.2) is 29.9 Å². The Kier molecular flexibility index (Phi) is 5.12. The summed E-state index contributed by atoms with van der Waals surface area (Å²) in [6.07, 6.45) is 0. The maximum absolute atomic E-state index is 11.6. The number of aliphatic hydroxyl groups excluding tert-OH is 1. The van der Waals surface area contributed by atoms with E-state index < -0.39 is 18.2 Å². The number of carbonyl (C=O) groups excluding carboxylic acids is 1. The number of rotatable bonds is 6. The summed E-state index contributed by atoms with van der Waals surface area (Å²) >= 11 is 0. The second-order valence-corrected chi connectivity index (χ2v) is 3.88. The van der Waals surface area contributed by atoms with Crippen LogP contribution in [0.4, 0.5) is 0 Å². The lowest BCUT2D eigenvalue weighted by atomic mass is 10.1. The van der Waals surface area contributed by atoms with Crippen LogP contribution < -0.4 is 0 Å². The minimum atomic E-state index is -1.30. The number of benzene rings is 1. The molecule has 0 heterocycles. The standard InChI is InChI=1S/C13H18O4/c1-3-16-12(15)13(2,10-14)17-9-11-7-5-4-6-8-11/h4-8,14H,3,9-10H2,1-2H3/t13-/m1/s1. The fourth-order valence-corrected chi connectivity index (χ4v) is 1.27. The topological polar surface area (TPSA) is 55.8 Å². The molecule has 17 heavy (non-hydrogen) atoms. The van der Waals surface area contributed by atoms with E-state index in [2.05, 4.69) is 0 Å². The van der Waals surface area contributed by atoms with Gasteiger partial charge in [-0.3, -0.25) is 0 Å². The van der Waals surface area contributed by atoms with E-state index in [1.165, 1.54) is 6.92 Å². The third-order valence-electron chi connectivity index (χ3n) is 2.41. The van der Waals surface area contributed by atoms with Crippen LogP contribution in [-0.2, 0) is 20.9 Å². The Bertz CT molecular complexity index is 350. The van der Waals surface area contributed by atoms with Crippen molar-refractivity contribution in [3.8, 4) is 0 Å². The highest BCUT2D eigenvalue weighted by Gasteiger charge is 2.35. The van der Waals surface area contributed by atoms with Crippen LogP contribution in [0.15, 0.2) is 30.3 Å². The van der Waals surface area contributed by atoms with Gasteiger partial charge in [0.1, 0.15) is 0 Å². The molecule has 0 saturated heterocycles. The number of hydrogen-bond donors (Lipinski definition) is 1. The Morgan fingerprint density at radius 1 is 1.35 bits per heavy atom. The molecule has 1 aromatic carbocycles. The largest absolute Gasteiger partial charge is 0.464 e. The molecule has 4 heteroatoms. The molecule has 0 saturated carbocycles. The van der Waals surface area contributed by atoms with Crippen LogP contribution in [0.2, 0.25) is 0 Å². The number of aliphatic hydroxyl groups is 1. The van der Waals surface area contributed by atoms with Crippen molar-refractivity contribution in [1.82, 2.24) is 0 Å². The molecule has 0 unspecified atom stereocenters. The zero-order valence-electron chi connectivity index (χ0n) is 10.2. The van der Waals surface area contributed by atoms with Crippen LogP contribution in [0.1, 0.15) is 19.4 Å². The van der Waals surface area contributed by atoms with Crippen molar-refractivity contribution in [3.05, 3.63) is 35.9 Å². The van der Waals surface area contributed by atoms with Gasteiger partial charge < -0.3 is 14.6 Å². The molecule has 1 atom stereocenters. The molecule has 0 amide bonds. The number of carbonyl (C=O) groups is 1. The zero-order chi connectivity index (χ0) is 12.7. The first kappa shape index (κ1) is 13.7. The Hall–Kier alpha value is -1.39. The van der Waals surface area contributed by atoms with E-state index in [0.717, 1.165) is 5.56 Å². The highest BCUT2D eigenvalue weighted by Crippen LogP contribution is 2.15. The van der Waals surface area contributed by atoms with Gasteiger partial charge in [-0.2, -0.15) is 0 Å². The van der Waals surface area contributed by atoms with Crippen LogP contribution in [0, 0.1) is 0 Å². The molecule has 0 aliphatic carbocycles. The fraction of sp³-hybridized carbons (Fsp3) is 0.462. The molecular formula is C13H18O4. The lowest BCUT2D eigenvalue weighted by Crippen LogP contribution is -2.43. The number of esters is 1. The third kappa shape index (κ3) is 3.84. The Balaban J connectivity index is 2.60. The molecule has 0 aliphatic rings. The predicted octanol–water partition coefficient (Wildman–Crippen LogP) is 1.52. The van der Waals surface area contributed by atoms with Gasteiger partial charge in [0.25, 0.3) is 0 Å². The van der Waals surface area contributed by atoms with E-state index in [9.17, 15) is 9.90 Å². The summed E-state index contributed by atoms with van der Waals surface area (Å²) in [6.45, 7) is 3.36. The summed E-state index contributed by atoms with van der Waals surface area (Å²) in [6, 6.07) is 9.46. The molecular weight excluding hydrogens is 220 g/mol. The van der Waals surface area contributed by atoms with Gasteiger partial charge in [0, 0.05) is 0 Å². The SMILES string of the molecule is CCOC(=O)[C@@](C)(CO)OCc1ccccc1. The minimum absolute atomic E-state index is 0.261.